The summed E-state index contributed by atoms with van der Waals surface area (Å²) in [5.74, 6) is -4.57. The molecule has 2 amide bonds. The highest BCUT2D eigenvalue weighted by Crippen LogP contribution is 2.30. The van der Waals surface area contributed by atoms with E-state index >= 15 is 0 Å². The Kier molecular flexibility index (Phi) is 6.54. The maximum atomic E-state index is 14.0. The van der Waals surface area contributed by atoms with E-state index in [1.54, 1.807) is 30.3 Å². The van der Waals surface area contributed by atoms with E-state index in [1.807, 2.05) is 0 Å². The van der Waals surface area contributed by atoms with Crippen molar-refractivity contribution < 1.29 is 37.7 Å². The van der Waals surface area contributed by atoms with Crippen LogP contribution < -0.4 is 5.32 Å². The van der Waals surface area contributed by atoms with Crippen LogP contribution in [-0.4, -0.2) is 59.3 Å². The third-order valence-corrected chi connectivity index (χ3v) is 3.96. The Morgan fingerprint density at radius 2 is 2.00 bits per heavy atom. The van der Waals surface area contributed by atoms with E-state index in [2.05, 4.69) is 5.32 Å². The van der Waals surface area contributed by atoms with Crippen LogP contribution in [0.25, 0.3) is 0 Å². The summed E-state index contributed by atoms with van der Waals surface area (Å²) in [6.45, 7) is 0.0296. The lowest BCUT2D eigenvalue weighted by Crippen LogP contribution is -2.55. The van der Waals surface area contributed by atoms with Gasteiger partial charge in [-0.05, 0) is 12.5 Å². The summed E-state index contributed by atoms with van der Waals surface area (Å²) in [4.78, 5) is 35.0. The topological polar surface area (TPSA) is 105 Å². The number of ether oxygens (including phenoxy) is 2. The molecule has 148 valence electrons. The van der Waals surface area contributed by atoms with Gasteiger partial charge in [0.15, 0.2) is 6.10 Å². The van der Waals surface area contributed by atoms with Crippen molar-refractivity contribution in [1.29, 1.82) is 0 Å². The molecule has 2 N–H and O–H groups in total. The first kappa shape index (κ1) is 20.4. The van der Waals surface area contributed by atoms with Crippen LogP contribution in [0.4, 0.5) is 18.4 Å². The van der Waals surface area contributed by atoms with E-state index in [0.29, 0.717) is 4.90 Å². The normalized spacial score (nSPS) is 19.7. The minimum atomic E-state index is -3.51. The van der Waals surface area contributed by atoms with Crippen LogP contribution in [0, 0.1) is 0 Å². The van der Waals surface area contributed by atoms with Crippen molar-refractivity contribution in [2.75, 3.05) is 13.1 Å². The number of amides is 2. The predicted octanol–water partition coefficient (Wildman–Crippen LogP) is 2.23. The van der Waals surface area contributed by atoms with Gasteiger partial charge in [-0.15, -0.1) is 0 Å². The largest absolute Gasteiger partial charge is 0.465 e. The second kappa shape index (κ2) is 8.65. The lowest BCUT2D eigenvalue weighted by atomic mass is 10.0. The summed E-state index contributed by atoms with van der Waals surface area (Å²) in [5, 5.41) is 11.0. The number of nitrogens with one attached hydrogen (secondary N) is 1. The standard InChI is InChI=1S/C17H20F2N2O6/c1-11(20-15(23)26-9-12-5-3-2-4-6-12)14(22)27-13-7-8-21(16(24)25)10-17(13,18)19/h2-6,11,13H,7-10H2,1H3,(H,20,23)(H,24,25)/t11-,13?/m0/s1. The molecule has 2 rings (SSSR count). The van der Waals surface area contributed by atoms with Crippen molar-refractivity contribution in [2.24, 2.45) is 0 Å². The zero-order chi connectivity index (χ0) is 20.0. The Morgan fingerprint density at radius 1 is 1.33 bits per heavy atom. The molecule has 0 aliphatic carbocycles. The van der Waals surface area contributed by atoms with Gasteiger partial charge < -0.3 is 24.8 Å². The molecule has 27 heavy (non-hydrogen) atoms. The van der Waals surface area contributed by atoms with Gasteiger partial charge in [0, 0.05) is 13.0 Å². The van der Waals surface area contributed by atoms with Crippen LogP contribution in [-0.2, 0) is 20.9 Å². The van der Waals surface area contributed by atoms with Crippen LogP contribution in [0.3, 0.4) is 0 Å². The summed E-state index contributed by atoms with van der Waals surface area (Å²) >= 11 is 0. The number of esters is 1. The molecule has 0 radical (unpaired) electrons. The molecule has 2 atom stereocenters. The number of benzene rings is 1. The predicted molar refractivity (Wildman–Crippen MR) is 88.3 cm³/mol. The number of halogens is 2. The van der Waals surface area contributed by atoms with E-state index < -0.39 is 42.8 Å². The van der Waals surface area contributed by atoms with Crippen LogP contribution >= 0.6 is 0 Å². The first-order valence-corrected chi connectivity index (χ1v) is 8.22. The molecular formula is C17H20F2N2O6. The van der Waals surface area contributed by atoms with E-state index in [4.69, 9.17) is 14.6 Å². The molecule has 0 bridgehead atoms. The summed E-state index contributed by atoms with van der Waals surface area (Å²) in [6.07, 6.45) is -4.45. The van der Waals surface area contributed by atoms with Crippen molar-refractivity contribution in [3.8, 4) is 0 Å². The number of piperidine rings is 1. The fraction of sp³-hybridized carbons (Fsp3) is 0.471. The minimum absolute atomic E-state index is 0.0137. The average molecular weight is 386 g/mol. The van der Waals surface area contributed by atoms with Gasteiger partial charge in [-0.1, -0.05) is 30.3 Å². The van der Waals surface area contributed by atoms with Gasteiger partial charge in [-0.3, -0.25) is 0 Å². The van der Waals surface area contributed by atoms with Gasteiger partial charge in [0.05, 0.1) is 6.54 Å². The number of likely N-dealkylation sites (tertiary alicyclic amines) is 1. The summed E-state index contributed by atoms with van der Waals surface area (Å²) in [6, 6.07) is 7.63. The van der Waals surface area contributed by atoms with Crippen molar-refractivity contribution in [3.05, 3.63) is 35.9 Å². The van der Waals surface area contributed by atoms with Crippen LogP contribution in [0.5, 0.6) is 0 Å². The monoisotopic (exact) mass is 386 g/mol. The number of rotatable bonds is 5. The molecule has 1 heterocycles. The number of carboxylic acid groups (broad SMARTS) is 1. The van der Waals surface area contributed by atoms with Crippen LogP contribution in [0.2, 0.25) is 0 Å². The Morgan fingerprint density at radius 3 is 2.59 bits per heavy atom. The van der Waals surface area contributed by atoms with E-state index in [1.165, 1.54) is 6.92 Å². The molecule has 1 unspecified atom stereocenters. The minimum Gasteiger partial charge on any atom is -0.465 e. The van der Waals surface area contributed by atoms with Gasteiger partial charge in [-0.25, -0.2) is 23.2 Å². The number of alkyl halides is 2. The van der Waals surface area contributed by atoms with E-state index in [0.717, 1.165) is 5.56 Å². The molecule has 0 spiro atoms. The second-order valence-electron chi connectivity index (χ2n) is 6.11. The van der Waals surface area contributed by atoms with E-state index in [9.17, 15) is 23.2 Å². The van der Waals surface area contributed by atoms with Crippen LogP contribution in [0.15, 0.2) is 30.3 Å². The number of hydrogen-bond donors (Lipinski definition) is 2. The fourth-order valence-corrected chi connectivity index (χ4v) is 2.47. The number of carbonyl (C=O) groups excluding carboxylic acids is 2. The molecule has 1 aromatic rings. The zero-order valence-corrected chi connectivity index (χ0v) is 14.6. The lowest BCUT2D eigenvalue weighted by molar-refractivity contribution is -0.187. The summed E-state index contributed by atoms with van der Waals surface area (Å²) in [5.41, 5.74) is 0.743. The van der Waals surface area contributed by atoms with Gasteiger partial charge in [-0.2, -0.15) is 0 Å². The molecule has 8 nitrogen and oxygen atoms in total. The summed E-state index contributed by atoms with van der Waals surface area (Å²) in [7, 11) is 0. The lowest BCUT2D eigenvalue weighted by Gasteiger charge is -2.36. The molecule has 0 saturated carbocycles. The third kappa shape index (κ3) is 5.80. The van der Waals surface area contributed by atoms with Crippen molar-refractivity contribution >= 4 is 18.2 Å². The summed E-state index contributed by atoms with van der Waals surface area (Å²) < 4.78 is 37.7. The number of hydrogen-bond acceptors (Lipinski definition) is 5. The highest BCUT2D eigenvalue weighted by Gasteiger charge is 2.48. The SMILES string of the molecule is C[C@H](NC(=O)OCc1ccccc1)C(=O)OC1CCN(C(=O)O)CC1(F)F. The van der Waals surface area contributed by atoms with Gasteiger partial charge in [0.2, 0.25) is 0 Å². The average Bonchev–Trinajstić information content (AvgIpc) is 2.62. The van der Waals surface area contributed by atoms with Gasteiger partial charge >= 0.3 is 24.1 Å². The first-order valence-electron chi connectivity index (χ1n) is 8.22. The number of nitrogens with zero attached hydrogens (tertiary/aromatic N) is 1. The Labute approximate surface area is 154 Å². The third-order valence-electron chi connectivity index (χ3n) is 3.96. The van der Waals surface area contributed by atoms with Crippen molar-refractivity contribution in [3.63, 3.8) is 0 Å². The van der Waals surface area contributed by atoms with Gasteiger partial charge in [0.25, 0.3) is 0 Å². The number of carbonyl (C=O) groups is 3. The number of alkyl carbamates (subject to hydrolysis) is 1. The molecule has 1 aliphatic heterocycles. The quantitative estimate of drug-likeness (QED) is 0.752. The highest BCUT2D eigenvalue weighted by molar-refractivity contribution is 5.81. The Bertz CT molecular complexity index is 685. The molecule has 1 aromatic carbocycles. The molecule has 1 fully saturated rings. The first-order chi connectivity index (χ1) is 12.7. The fourth-order valence-electron chi connectivity index (χ4n) is 2.47. The van der Waals surface area contributed by atoms with Crippen molar-refractivity contribution in [1.82, 2.24) is 10.2 Å². The zero-order valence-electron chi connectivity index (χ0n) is 14.6. The maximum Gasteiger partial charge on any atom is 0.408 e. The smallest absolute Gasteiger partial charge is 0.408 e. The Balaban J connectivity index is 1.81. The molecule has 0 aromatic heterocycles. The highest BCUT2D eigenvalue weighted by atomic mass is 19.3. The van der Waals surface area contributed by atoms with E-state index in [-0.39, 0.29) is 19.6 Å². The van der Waals surface area contributed by atoms with Crippen molar-refractivity contribution in [2.45, 2.75) is 38.0 Å². The molecule has 1 aliphatic rings. The van der Waals surface area contributed by atoms with Gasteiger partial charge in [0.1, 0.15) is 12.6 Å². The molecule has 1 saturated heterocycles. The van der Waals surface area contributed by atoms with Crippen LogP contribution in [0.1, 0.15) is 18.9 Å². The second-order valence-corrected chi connectivity index (χ2v) is 6.11. The maximum absolute atomic E-state index is 14.0. The molecule has 10 heteroatoms. The molecular weight excluding hydrogens is 366 g/mol. The Hall–Kier alpha value is -2.91.